The predicted octanol–water partition coefficient (Wildman–Crippen LogP) is 5.68. The summed E-state index contributed by atoms with van der Waals surface area (Å²) >= 11 is 0. The Morgan fingerprint density at radius 2 is 1.64 bits per heavy atom. The first kappa shape index (κ1) is 47.4. The summed E-state index contributed by atoms with van der Waals surface area (Å²) in [4.78, 5) is 60.5. The van der Waals surface area contributed by atoms with Crippen LogP contribution in [0, 0.1) is 0 Å². The van der Waals surface area contributed by atoms with Gasteiger partial charge in [-0.05, 0) is 79.4 Å². The summed E-state index contributed by atoms with van der Waals surface area (Å²) in [6, 6.07) is 20.2. The second kappa shape index (κ2) is 19.0. The van der Waals surface area contributed by atoms with Gasteiger partial charge in [-0.15, -0.1) is 0 Å². The van der Waals surface area contributed by atoms with Crippen LogP contribution in [0.25, 0.3) is 10.9 Å². The Hall–Kier alpha value is -6.64. The SMILES string of the molecule is CCOc1cc(C(CS(C)(=O)=O)N2C(=O)c3cccc(N4CCN(C5CCN(CCc6ccc(Oc7ccc8c(N9CCC(=O)NC9=O)nn(C)c8c7)cc6)CC5(F)F)CC4)c3C2=O)ccc1OC. The van der Waals surface area contributed by atoms with E-state index in [2.05, 4.69) is 10.4 Å². The fourth-order valence-corrected chi connectivity index (χ4v) is 10.8. The Bertz CT molecular complexity index is 2920. The molecule has 5 heterocycles. The lowest BCUT2D eigenvalue weighted by Gasteiger charge is -2.46. The number of amides is 5. The lowest BCUT2D eigenvalue weighted by Crippen LogP contribution is -2.62. The standard InChI is InChI=1S/C49H54F2N8O9S/c1-5-67-41-27-32(11-16-40(41)66-3)39(29-69(4,64)65)59-46(61)36-7-6-8-37(44(36)47(59)62)56-23-25-57(26-24-56)42-18-21-55(30-49(42,50)51)20-17-31-9-12-33(13-10-31)68-34-14-15-35-38(28-34)54(2)53-45(35)58-22-19-43(60)52-48(58)63/h6-16,27-28,39,42H,5,17-26,29-30H2,1-4H3,(H,52,60,63). The average Bonchev–Trinajstić information content (AvgIpc) is 3.78. The zero-order chi connectivity index (χ0) is 48.8. The number of rotatable bonds is 15. The van der Waals surface area contributed by atoms with Gasteiger partial charge in [0, 0.05) is 77.0 Å². The molecule has 20 heteroatoms. The number of ether oxygens (including phenoxy) is 3. The van der Waals surface area contributed by atoms with Gasteiger partial charge in [-0.2, -0.15) is 5.10 Å². The number of aryl methyl sites for hydroxylation is 1. The van der Waals surface area contributed by atoms with Gasteiger partial charge in [-0.3, -0.25) is 44.0 Å². The van der Waals surface area contributed by atoms with Crippen molar-refractivity contribution in [1.82, 2.24) is 29.8 Å². The number of urea groups is 1. The summed E-state index contributed by atoms with van der Waals surface area (Å²) < 4.78 is 76.5. The van der Waals surface area contributed by atoms with Crippen molar-refractivity contribution < 1.29 is 50.6 Å². The number of nitrogens with zero attached hydrogens (tertiary/aromatic N) is 7. The lowest BCUT2D eigenvalue weighted by atomic mass is 9.97. The third kappa shape index (κ3) is 9.69. The third-order valence-corrected chi connectivity index (χ3v) is 14.2. The number of aromatic nitrogens is 2. The first-order valence-electron chi connectivity index (χ1n) is 22.9. The number of sulfone groups is 1. The fourth-order valence-electron chi connectivity index (χ4n) is 9.92. The molecular weight excluding hydrogens is 915 g/mol. The number of likely N-dealkylation sites (tertiary alicyclic amines) is 1. The van der Waals surface area contributed by atoms with Crippen LogP contribution in [0.2, 0.25) is 0 Å². The van der Waals surface area contributed by atoms with Crippen LogP contribution in [0.1, 0.15) is 57.7 Å². The largest absolute Gasteiger partial charge is 0.493 e. The monoisotopic (exact) mass is 968 g/mol. The second-order valence-corrected chi connectivity index (χ2v) is 20.1. The fraction of sp³-hybridized carbons (Fsp3) is 0.408. The van der Waals surface area contributed by atoms with Gasteiger partial charge in [0.15, 0.2) is 17.3 Å². The van der Waals surface area contributed by atoms with Gasteiger partial charge >= 0.3 is 6.03 Å². The molecule has 4 aliphatic rings. The Labute approximate surface area is 398 Å². The molecule has 0 saturated carbocycles. The van der Waals surface area contributed by atoms with Crippen molar-refractivity contribution in [2.45, 2.75) is 44.2 Å². The van der Waals surface area contributed by atoms with Crippen molar-refractivity contribution in [2.75, 3.05) is 87.9 Å². The van der Waals surface area contributed by atoms with Crippen LogP contribution in [0.15, 0.2) is 78.9 Å². The molecule has 4 aliphatic heterocycles. The highest BCUT2D eigenvalue weighted by atomic mass is 32.2. The molecule has 0 radical (unpaired) electrons. The molecule has 0 spiro atoms. The van der Waals surface area contributed by atoms with E-state index in [4.69, 9.17) is 14.2 Å². The highest BCUT2D eigenvalue weighted by molar-refractivity contribution is 7.90. The van der Waals surface area contributed by atoms with E-state index in [1.807, 2.05) is 51.1 Å². The second-order valence-electron chi connectivity index (χ2n) is 17.9. The summed E-state index contributed by atoms with van der Waals surface area (Å²) in [5.41, 5.74) is 2.94. The molecule has 2 atom stereocenters. The van der Waals surface area contributed by atoms with Gasteiger partial charge in [0.25, 0.3) is 17.7 Å². The molecule has 9 rings (SSSR count). The number of nitrogens with one attached hydrogen (secondary N) is 1. The normalized spacial score (nSPS) is 19.5. The maximum absolute atomic E-state index is 16.0. The van der Waals surface area contributed by atoms with Crippen LogP contribution in [0.3, 0.4) is 0 Å². The van der Waals surface area contributed by atoms with Gasteiger partial charge in [0.1, 0.15) is 21.3 Å². The number of methoxy groups -OCH3 is 1. The topological polar surface area (TPSA) is 176 Å². The van der Waals surface area contributed by atoms with E-state index in [-0.39, 0.29) is 43.0 Å². The van der Waals surface area contributed by atoms with E-state index in [0.717, 1.165) is 27.6 Å². The number of benzene rings is 4. The zero-order valence-corrected chi connectivity index (χ0v) is 39.6. The number of hydrogen-bond acceptors (Lipinski definition) is 13. The van der Waals surface area contributed by atoms with Crippen molar-refractivity contribution >= 4 is 56.0 Å². The van der Waals surface area contributed by atoms with Gasteiger partial charge in [-0.1, -0.05) is 24.3 Å². The number of halogens is 2. The van der Waals surface area contributed by atoms with E-state index in [1.54, 1.807) is 61.1 Å². The number of hydrogen-bond donors (Lipinski definition) is 1. The summed E-state index contributed by atoms with van der Waals surface area (Å²) in [5.74, 6) is -2.65. The molecular formula is C49H54F2N8O9S. The Morgan fingerprint density at radius 3 is 2.33 bits per heavy atom. The molecule has 5 amide bonds. The zero-order valence-electron chi connectivity index (χ0n) is 38.8. The number of anilines is 2. The minimum atomic E-state index is -3.70. The third-order valence-electron chi connectivity index (χ3n) is 13.3. The van der Waals surface area contributed by atoms with Crippen molar-refractivity contribution in [3.63, 3.8) is 0 Å². The molecule has 0 bridgehead atoms. The maximum atomic E-state index is 16.0. The van der Waals surface area contributed by atoms with Crippen molar-refractivity contribution in [3.05, 3.63) is 101 Å². The van der Waals surface area contributed by atoms with Crippen LogP contribution < -0.4 is 29.3 Å². The van der Waals surface area contributed by atoms with Gasteiger partial charge < -0.3 is 19.1 Å². The molecule has 5 aromatic rings. The molecule has 1 N–H and O–H groups in total. The summed E-state index contributed by atoms with van der Waals surface area (Å²) in [5, 5.41) is 7.59. The van der Waals surface area contributed by atoms with Crippen LogP contribution >= 0.6 is 0 Å². The smallest absolute Gasteiger partial charge is 0.329 e. The van der Waals surface area contributed by atoms with E-state index in [0.29, 0.717) is 92.4 Å². The highest BCUT2D eigenvalue weighted by Crippen LogP contribution is 2.41. The molecule has 17 nitrogen and oxygen atoms in total. The van der Waals surface area contributed by atoms with Crippen LogP contribution in [0.4, 0.5) is 25.1 Å². The van der Waals surface area contributed by atoms with Crippen molar-refractivity contribution in [1.29, 1.82) is 0 Å². The summed E-state index contributed by atoms with van der Waals surface area (Å²) in [6.07, 6.45) is 2.10. The number of piperazine rings is 1. The van der Waals surface area contributed by atoms with Crippen LogP contribution in [-0.4, -0.2) is 147 Å². The first-order valence-corrected chi connectivity index (χ1v) is 25.0. The molecule has 3 saturated heterocycles. The molecule has 4 aromatic carbocycles. The minimum Gasteiger partial charge on any atom is -0.493 e. The lowest BCUT2D eigenvalue weighted by molar-refractivity contribution is -0.127. The minimum absolute atomic E-state index is 0.155. The number of imide groups is 2. The molecule has 364 valence electrons. The van der Waals surface area contributed by atoms with E-state index >= 15 is 8.78 Å². The van der Waals surface area contributed by atoms with Crippen molar-refractivity contribution in [2.24, 2.45) is 7.05 Å². The van der Waals surface area contributed by atoms with Crippen LogP contribution in [0.5, 0.6) is 23.0 Å². The Kier molecular flexibility index (Phi) is 13.1. The maximum Gasteiger partial charge on any atom is 0.329 e. The number of fused-ring (bicyclic) bond motifs is 2. The molecule has 2 unspecified atom stereocenters. The number of alkyl halides is 2. The van der Waals surface area contributed by atoms with E-state index < -0.39 is 51.4 Å². The van der Waals surface area contributed by atoms with Gasteiger partial charge in [0.05, 0.1) is 60.4 Å². The molecule has 3 fully saturated rings. The van der Waals surface area contributed by atoms with Crippen molar-refractivity contribution in [3.8, 4) is 23.0 Å². The molecule has 1 aromatic heterocycles. The highest BCUT2D eigenvalue weighted by Gasteiger charge is 2.49. The first-order chi connectivity index (χ1) is 33.0. The van der Waals surface area contributed by atoms with Crippen LogP contribution in [-0.2, 0) is 28.1 Å². The average molecular weight is 969 g/mol. The Balaban J connectivity index is 0.794. The molecule has 69 heavy (non-hydrogen) atoms. The number of carbonyl (C=O) groups excluding carboxylic acids is 4. The quantitative estimate of drug-likeness (QED) is 0.127. The van der Waals surface area contributed by atoms with Gasteiger partial charge in [-0.25, -0.2) is 22.0 Å². The Morgan fingerprint density at radius 1 is 0.884 bits per heavy atom. The predicted molar refractivity (Wildman–Crippen MR) is 254 cm³/mol. The van der Waals surface area contributed by atoms with E-state index in [9.17, 15) is 27.6 Å². The summed E-state index contributed by atoms with van der Waals surface area (Å²) in [6.45, 7) is 4.27. The number of piperidine rings is 1. The number of carbonyl (C=O) groups is 4. The van der Waals surface area contributed by atoms with E-state index in [1.165, 1.54) is 12.0 Å². The summed E-state index contributed by atoms with van der Waals surface area (Å²) in [7, 11) is -0.452. The molecule has 0 aliphatic carbocycles. The van der Waals surface area contributed by atoms with Gasteiger partial charge in [0.2, 0.25) is 5.91 Å².